The first kappa shape index (κ1) is 11.7. The molecular formula is C16H24. The van der Waals surface area contributed by atoms with Crippen LogP contribution in [0.25, 0.3) is 0 Å². The Labute approximate surface area is 100 Å². The molecule has 0 aromatic rings. The number of allylic oxidation sites excluding steroid dienone is 6. The molecule has 2 aliphatic carbocycles. The molecule has 0 aliphatic heterocycles. The Hall–Kier alpha value is -0.780. The lowest BCUT2D eigenvalue weighted by Crippen LogP contribution is -2.09. The maximum Gasteiger partial charge on any atom is -0.0133 e. The molecule has 2 rings (SSSR count). The van der Waals surface area contributed by atoms with Gasteiger partial charge in [-0.25, -0.2) is 0 Å². The lowest BCUT2D eigenvalue weighted by atomic mass is 9.88. The third-order valence-corrected chi connectivity index (χ3v) is 3.94. The summed E-state index contributed by atoms with van der Waals surface area (Å²) in [4.78, 5) is 0. The molecule has 2 aliphatic rings. The Morgan fingerprint density at radius 1 is 1.00 bits per heavy atom. The summed E-state index contributed by atoms with van der Waals surface area (Å²) < 4.78 is 0. The quantitative estimate of drug-likeness (QED) is 0.584. The van der Waals surface area contributed by atoms with E-state index in [0.717, 1.165) is 23.7 Å². The van der Waals surface area contributed by atoms with Crippen LogP contribution in [0.3, 0.4) is 0 Å². The third-order valence-electron chi connectivity index (χ3n) is 3.94. The van der Waals surface area contributed by atoms with Crippen molar-refractivity contribution in [3.05, 3.63) is 35.5 Å². The number of hydrogen-bond donors (Lipinski definition) is 0. The lowest BCUT2D eigenvalue weighted by molar-refractivity contribution is 0.412. The molecule has 1 saturated carbocycles. The highest BCUT2D eigenvalue weighted by Crippen LogP contribution is 2.49. The van der Waals surface area contributed by atoms with E-state index in [1.807, 2.05) is 0 Å². The van der Waals surface area contributed by atoms with Gasteiger partial charge in [-0.15, -0.1) is 0 Å². The van der Waals surface area contributed by atoms with Gasteiger partial charge in [-0.05, 0) is 64.2 Å². The van der Waals surface area contributed by atoms with E-state index in [1.165, 1.54) is 24.0 Å². The number of fused-ring (bicyclic) bond motifs is 1. The van der Waals surface area contributed by atoms with Gasteiger partial charge in [0.15, 0.2) is 0 Å². The van der Waals surface area contributed by atoms with Crippen LogP contribution < -0.4 is 0 Å². The smallest absolute Gasteiger partial charge is 0.0133 e. The minimum absolute atomic E-state index is 0.786. The Bertz CT molecular complexity index is 335. The summed E-state index contributed by atoms with van der Waals surface area (Å²) in [6, 6.07) is 0. The van der Waals surface area contributed by atoms with Crippen LogP contribution in [-0.4, -0.2) is 0 Å². The molecule has 0 saturated heterocycles. The van der Waals surface area contributed by atoms with Crippen molar-refractivity contribution >= 4 is 0 Å². The average Bonchev–Trinajstić information content (AvgIpc) is 2.70. The first-order valence-corrected chi connectivity index (χ1v) is 6.54. The van der Waals surface area contributed by atoms with Crippen LogP contribution in [0.15, 0.2) is 35.5 Å². The molecule has 1 fully saturated rings. The van der Waals surface area contributed by atoms with Crippen molar-refractivity contribution in [2.45, 2.75) is 40.5 Å². The van der Waals surface area contributed by atoms with Crippen LogP contribution in [0, 0.1) is 23.7 Å². The van der Waals surface area contributed by atoms with Gasteiger partial charge in [0.25, 0.3) is 0 Å². The zero-order valence-corrected chi connectivity index (χ0v) is 11.0. The molecule has 0 spiro atoms. The van der Waals surface area contributed by atoms with E-state index >= 15 is 0 Å². The standard InChI is InChI=1S/C16H24/c1-11(2)8-13-10-14(9-12(3)4)16-7-5-6-15(13)16/h5-6,8-9,13-16H,7,10H2,1-4H3. The molecule has 4 atom stereocenters. The van der Waals surface area contributed by atoms with Crippen LogP contribution in [0.4, 0.5) is 0 Å². The summed E-state index contributed by atoms with van der Waals surface area (Å²) >= 11 is 0. The summed E-state index contributed by atoms with van der Waals surface area (Å²) in [6.07, 6.45) is 12.5. The van der Waals surface area contributed by atoms with Gasteiger partial charge in [0, 0.05) is 0 Å². The van der Waals surface area contributed by atoms with Crippen LogP contribution >= 0.6 is 0 Å². The van der Waals surface area contributed by atoms with Crippen LogP contribution in [0.1, 0.15) is 40.5 Å². The Morgan fingerprint density at radius 3 is 2.25 bits per heavy atom. The Kier molecular flexibility index (Phi) is 3.37. The zero-order valence-electron chi connectivity index (χ0n) is 11.0. The fraction of sp³-hybridized carbons (Fsp3) is 0.625. The van der Waals surface area contributed by atoms with E-state index in [9.17, 15) is 0 Å². The lowest BCUT2D eigenvalue weighted by Gasteiger charge is -2.16. The Morgan fingerprint density at radius 2 is 1.62 bits per heavy atom. The van der Waals surface area contributed by atoms with Crippen LogP contribution in [0.5, 0.6) is 0 Å². The fourth-order valence-electron chi connectivity index (χ4n) is 3.49. The first-order valence-electron chi connectivity index (χ1n) is 6.54. The largest absolute Gasteiger partial charge is 0.0879 e. The first-order chi connectivity index (χ1) is 7.58. The predicted octanol–water partition coefficient (Wildman–Crippen LogP) is 4.75. The molecule has 4 unspecified atom stereocenters. The van der Waals surface area contributed by atoms with Gasteiger partial charge in [0.2, 0.25) is 0 Å². The molecule has 0 aromatic heterocycles. The summed E-state index contributed by atoms with van der Waals surface area (Å²) in [5, 5.41) is 0. The summed E-state index contributed by atoms with van der Waals surface area (Å²) in [6.45, 7) is 8.90. The van der Waals surface area contributed by atoms with Crippen LogP contribution in [-0.2, 0) is 0 Å². The van der Waals surface area contributed by atoms with E-state index in [0.29, 0.717) is 0 Å². The molecule has 0 aromatic carbocycles. The highest BCUT2D eigenvalue weighted by molar-refractivity contribution is 5.18. The van der Waals surface area contributed by atoms with Crippen molar-refractivity contribution in [1.82, 2.24) is 0 Å². The van der Waals surface area contributed by atoms with Gasteiger partial charge in [-0.2, -0.15) is 0 Å². The van der Waals surface area contributed by atoms with Crippen molar-refractivity contribution in [3.63, 3.8) is 0 Å². The normalized spacial score (nSPS) is 36.0. The maximum atomic E-state index is 2.50. The molecule has 0 N–H and O–H groups in total. The second-order valence-corrected chi connectivity index (χ2v) is 5.96. The van der Waals surface area contributed by atoms with Gasteiger partial charge in [0.1, 0.15) is 0 Å². The summed E-state index contributed by atoms with van der Waals surface area (Å²) in [7, 11) is 0. The van der Waals surface area contributed by atoms with Gasteiger partial charge < -0.3 is 0 Å². The molecule has 0 heteroatoms. The molecule has 16 heavy (non-hydrogen) atoms. The molecular weight excluding hydrogens is 192 g/mol. The zero-order chi connectivity index (χ0) is 11.7. The predicted molar refractivity (Wildman–Crippen MR) is 71.2 cm³/mol. The monoisotopic (exact) mass is 216 g/mol. The van der Waals surface area contributed by atoms with Gasteiger partial charge in [-0.1, -0.05) is 35.5 Å². The van der Waals surface area contributed by atoms with Crippen molar-refractivity contribution in [2.24, 2.45) is 23.7 Å². The average molecular weight is 216 g/mol. The second kappa shape index (κ2) is 4.61. The van der Waals surface area contributed by atoms with E-state index in [4.69, 9.17) is 0 Å². The van der Waals surface area contributed by atoms with E-state index in [2.05, 4.69) is 52.0 Å². The fourth-order valence-corrected chi connectivity index (χ4v) is 3.49. The van der Waals surface area contributed by atoms with Crippen molar-refractivity contribution in [1.29, 1.82) is 0 Å². The minimum atomic E-state index is 0.786. The highest BCUT2D eigenvalue weighted by atomic mass is 14.4. The molecule has 88 valence electrons. The van der Waals surface area contributed by atoms with E-state index in [-0.39, 0.29) is 0 Å². The van der Waals surface area contributed by atoms with E-state index in [1.54, 1.807) is 0 Å². The number of rotatable bonds is 2. The van der Waals surface area contributed by atoms with Crippen LogP contribution in [0.2, 0.25) is 0 Å². The van der Waals surface area contributed by atoms with Crippen molar-refractivity contribution in [3.8, 4) is 0 Å². The summed E-state index contributed by atoms with van der Waals surface area (Å²) in [5.74, 6) is 3.30. The molecule has 0 heterocycles. The van der Waals surface area contributed by atoms with Gasteiger partial charge in [0.05, 0.1) is 0 Å². The van der Waals surface area contributed by atoms with Crippen molar-refractivity contribution < 1.29 is 0 Å². The molecule has 0 amide bonds. The van der Waals surface area contributed by atoms with Crippen molar-refractivity contribution in [2.75, 3.05) is 0 Å². The third kappa shape index (κ3) is 2.31. The second-order valence-electron chi connectivity index (χ2n) is 5.96. The van der Waals surface area contributed by atoms with Gasteiger partial charge >= 0.3 is 0 Å². The topological polar surface area (TPSA) is 0 Å². The molecule has 0 bridgehead atoms. The molecule has 0 radical (unpaired) electrons. The van der Waals surface area contributed by atoms with E-state index < -0.39 is 0 Å². The SMILES string of the molecule is CC(C)=CC1CC(C=C(C)C)C2CC=CC12. The Balaban J connectivity index is 2.17. The highest BCUT2D eigenvalue weighted by Gasteiger charge is 2.41. The van der Waals surface area contributed by atoms with Gasteiger partial charge in [-0.3, -0.25) is 0 Å². The minimum Gasteiger partial charge on any atom is -0.0879 e. The summed E-state index contributed by atoms with van der Waals surface area (Å²) in [5.41, 5.74) is 2.95. The molecule has 0 nitrogen and oxygen atoms in total. The number of hydrogen-bond acceptors (Lipinski definition) is 0. The maximum absolute atomic E-state index is 2.50.